The highest BCUT2D eigenvalue weighted by Crippen LogP contribution is 2.30. The van der Waals surface area contributed by atoms with Crippen molar-refractivity contribution in [3.63, 3.8) is 0 Å². The van der Waals surface area contributed by atoms with Crippen LogP contribution in [0.25, 0.3) is 0 Å². The van der Waals surface area contributed by atoms with Gasteiger partial charge in [-0.05, 0) is 61.2 Å². The normalized spacial score (nSPS) is 14.2. The van der Waals surface area contributed by atoms with Gasteiger partial charge in [0.05, 0.1) is 53.9 Å². The Morgan fingerprint density at radius 2 is 1.02 bits per heavy atom. The number of aromatic nitrogens is 2. The van der Waals surface area contributed by atoms with Crippen molar-refractivity contribution >= 4 is 22.9 Å². The highest BCUT2D eigenvalue weighted by molar-refractivity contribution is 7.97. The molecule has 4 bridgehead atoms. The number of rotatable bonds is 10. The lowest BCUT2D eigenvalue weighted by Gasteiger charge is -2.25. The van der Waals surface area contributed by atoms with Crippen LogP contribution in [-0.2, 0) is 50.4 Å². The average molecular weight is 713 g/mol. The van der Waals surface area contributed by atoms with Crippen molar-refractivity contribution in [1.82, 2.24) is 18.6 Å². The Balaban J connectivity index is 1.27. The molecule has 6 aromatic rings. The van der Waals surface area contributed by atoms with Crippen LogP contribution in [0.4, 0.5) is 0 Å². The molecule has 1 unspecified atom stereocenters. The Kier molecular flexibility index (Phi) is 11.2. The molecule has 0 aliphatic carbocycles. The van der Waals surface area contributed by atoms with Gasteiger partial charge in [-0.3, -0.25) is 9.97 Å². The standard InChI is InChI=1S/C42H40N4O3S2/c1-31-13-17-41(18-14-31)50-45-25-35-21-39(48-29-33-9-5-3-6-10-33)23-37(43-35)27-46(51(47)42-19-15-32(2)16-20-42)28-38-24-40(22-36(26-45)44-38)49-30-34-11-7-4-8-12-34/h3-24H,25-30H2,1-2H3. The predicted octanol–water partition coefficient (Wildman–Crippen LogP) is 9.00. The molecule has 1 aliphatic rings. The number of aryl methyl sites for hydroxylation is 2. The zero-order valence-corrected chi connectivity index (χ0v) is 30.4. The maximum atomic E-state index is 14.3. The molecular formula is C42H40N4O3S2. The third-order valence-electron chi connectivity index (χ3n) is 8.37. The van der Waals surface area contributed by atoms with Crippen LogP contribution in [0.15, 0.2) is 143 Å². The number of ether oxygens (including phenoxy) is 2. The van der Waals surface area contributed by atoms with Gasteiger partial charge in [0.15, 0.2) is 0 Å². The summed E-state index contributed by atoms with van der Waals surface area (Å²) in [5.74, 6) is 1.45. The van der Waals surface area contributed by atoms with Crippen LogP contribution in [0.1, 0.15) is 45.0 Å². The number of benzene rings is 4. The van der Waals surface area contributed by atoms with E-state index < -0.39 is 11.0 Å². The first-order valence-electron chi connectivity index (χ1n) is 17.0. The number of pyridine rings is 2. The summed E-state index contributed by atoms with van der Waals surface area (Å²) in [6.07, 6.45) is 0. The Labute approximate surface area is 307 Å². The average Bonchev–Trinajstić information content (AvgIpc) is 3.14. The zero-order valence-electron chi connectivity index (χ0n) is 28.8. The van der Waals surface area contributed by atoms with Crippen molar-refractivity contribution in [3.05, 3.63) is 178 Å². The molecule has 51 heavy (non-hydrogen) atoms. The smallest absolute Gasteiger partial charge is 0.128 e. The molecule has 0 fully saturated rings. The van der Waals surface area contributed by atoms with E-state index in [0.717, 1.165) is 60.8 Å². The molecule has 3 heterocycles. The lowest BCUT2D eigenvalue weighted by molar-refractivity contribution is 0.301. The lowest BCUT2D eigenvalue weighted by atomic mass is 10.2. The van der Waals surface area contributed by atoms with E-state index in [0.29, 0.717) is 39.4 Å². The first-order valence-corrected chi connectivity index (χ1v) is 18.9. The molecule has 1 atom stereocenters. The summed E-state index contributed by atoms with van der Waals surface area (Å²) in [6.45, 7) is 6.71. The van der Waals surface area contributed by atoms with Crippen LogP contribution >= 0.6 is 11.9 Å². The molecule has 0 saturated carbocycles. The van der Waals surface area contributed by atoms with Crippen molar-refractivity contribution in [1.29, 1.82) is 0 Å². The molecule has 9 heteroatoms. The monoisotopic (exact) mass is 712 g/mol. The second-order valence-corrected chi connectivity index (χ2v) is 15.3. The maximum absolute atomic E-state index is 14.3. The second kappa shape index (κ2) is 16.5. The van der Waals surface area contributed by atoms with Gasteiger partial charge in [0.2, 0.25) is 0 Å². The maximum Gasteiger partial charge on any atom is 0.128 e. The molecule has 0 N–H and O–H groups in total. The van der Waals surface area contributed by atoms with Crippen molar-refractivity contribution in [2.24, 2.45) is 0 Å². The number of fused-ring (bicyclic) bond motifs is 4. The summed E-state index contributed by atoms with van der Waals surface area (Å²) in [5.41, 5.74) is 7.75. The van der Waals surface area contributed by atoms with Crippen molar-refractivity contribution in [3.8, 4) is 11.5 Å². The first kappa shape index (κ1) is 34.6. The molecule has 4 aromatic carbocycles. The molecule has 2 aromatic heterocycles. The van der Waals surface area contributed by atoms with Crippen LogP contribution in [0, 0.1) is 13.8 Å². The summed E-state index contributed by atoms with van der Waals surface area (Å²) in [5, 5.41) is 0. The van der Waals surface area contributed by atoms with Gasteiger partial charge in [-0.15, -0.1) is 0 Å². The van der Waals surface area contributed by atoms with E-state index in [4.69, 9.17) is 19.4 Å². The fourth-order valence-corrected chi connectivity index (χ4v) is 7.89. The van der Waals surface area contributed by atoms with Gasteiger partial charge in [0.1, 0.15) is 35.7 Å². The molecule has 258 valence electrons. The topological polar surface area (TPSA) is 67.8 Å². The molecular weight excluding hydrogens is 673 g/mol. The first-order chi connectivity index (χ1) is 24.9. The van der Waals surface area contributed by atoms with Gasteiger partial charge in [-0.2, -0.15) is 0 Å². The molecule has 7 nitrogen and oxygen atoms in total. The summed E-state index contributed by atoms with van der Waals surface area (Å²) < 4.78 is 31.2. The summed E-state index contributed by atoms with van der Waals surface area (Å²) in [6, 6.07) is 44.6. The van der Waals surface area contributed by atoms with Crippen LogP contribution in [0.2, 0.25) is 0 Å². The van der Waals surface area contributed by atoms with Crippen LogP contribution in [0.5, 0.6) is 11.5 Å². The van der Waals surface area contributed by atoms with E-state index in [-0.39, 0.29) is 0 Å². The minimum Gasteiger partial charge on any atom is -0.489 e. The van der Waals surface area contributed by atoms with Gasteiger partial charge in [-0.25, -0.2) is 12.8 Å². The lowest BCUT2D eigenvalue weighted by Crippen LogP contribution is -2.28. The predicted molar refractivity (Wildman–Crippen MR) is 203 cm³/mol. The highest BCUT2D eigenvalue weighted by atomic mass is 32.2. The van der Waals surface area contributed by atoms with Crippen LogP contribution in [0.3, 0.4) is 0 Å². The fraction of sp³-hybridized carbons (Fsp3) is 0.190. The second-order valence-electron chi connectivity index (χ2n) is 12.7. The van der Waals surface area contributed by atoms with E-state index >= 15 is 0 Å². The van der Waals surface area contributed by atoms with Crippen molar-refractivity contribution < 1.29 is 13.7 Å². The van der Waals surface area contributed by atoms with Gasteiger partial charge >= 0.3 is 0 Å². The Morgan fingerprint density at radius 1 is 0.588 bits per heavy atom. The number of nitrogens with zero attached hydrogens (tertiary/aromatic N) is 4. The molecule has 1 aliphatic heterocycles. The van der Waals surface area contributed by atoms with E-state index in [2.05, 4.69) is 59.8 Å². The zero-order chi connectivity index (χ0) is 35.0. The quantitative estimate of drug-likeness (QED) is 0.131. The third-order valence-corrected chi connectivity index (χ3v) is 10.8. The molecule has 7 rings (SSSR count). The highest BCUT2D eigenvalue weighted by Gasteiger charge is 2.22. The van der Waals surface area contributed by atoms with Gasteiger partial charge in [0, 0.05) is 29.2 Å². The third kappa shape index (κ3) is 9.71. The summed E-state index contributed by atoms with van der Waals surface area (Å²) in [7, 11) is -1.49. The molecule has 0 amide bonds. The van der Waals surface area contributed by atoms with Crippen molar-refractivity contribution in [2.75, 3.05) is 0 Å². The number of hydrogen-bond donors (Lipinski definition) is 0. The molecule has 0 spiro atoms. The Morgan fingerprint density at radius 3 is 1.49 bits per heavy atom. The van der Waals surface area contributed by atoms with Gasteiger partial charge < -0.3 is 9.47 Å². The van der Waals surface area contributed by atoms with Crippen LogP contribution in [-0.4, -0.2) is 22.8 Å². The SMILES string of the molecule is Cc1ccc(SN2Cc3cc(OCc4ccccc4)cc(n3)CN(S(=O)c3ccc(C)cc3)Cc3cc(OCc4ccccc4)cc(n3)C2)cc1. The number of hydrogen-bond acceptors (Lipinski definition) is 7. The minimum atomic E-state index is -1.49. The molecule has 0 saturated heterocycles. The van der Waals surface area contributed by atoms with E-state index in [9.17, 15) is 4.21 Å². The summed E-state index contributed by atoms with van der Waals surface area (Å²) >= 11 is 1.67. The fourth-order valence-electron chi connectivity index (χ4n) is 5.78. The Hall–Kier alpha value is -4.80. The van der Waals surface area contributed by atoms with Gasteiger partial charge in [-0.1, -0.05) is 96.1 Å². The van der Waals surface area contributed by atoms with Gasteiger partial charge in [0.25, 0.3) is 0 Å². The Bertz CT molecular complexity index is 1980. The minimum absolute atomic E-state index is 0.327. The van der Waals surface area contributed by atoms with E-state index in [1.54, 1.807) is 11.9 Å². The van der Waals surface area contributed by atoms with E-state index in [1.165, 1.54) is 5.56 Å². The van der Waals surface area contributed by atoms with E-state index in [1.807, 2.05) is 96.2 Å². The van der Waals surface area contributed by atoms with Crippen LogP contribution < -0.4 is 9.47 Å². The largest absolute Gasteiger partial charge is 0.489 e. The molecule has 0 radical (unpaired) electrons. The van der Waals surface area contributed by atoms with Crippen molar-refractivity contribution in [2.45, 2.75) is 63.0 Å². The summed E-state index contributed by atoms with van der Waals surface area (Å²) in [4.78, 5) is 12.1.